The summed E-state index contributed by atoms with van der Waals surface area (Å²) in [4.78, 5) is 36.6. The molecule has 0 aromatic carbocycles. The molecule has 1 amide bonds. The molecule has 0 spiro atoms. The number of nitrogens with two attached hydrogens (primary N) is 1. The Hall–Kier alpha value is -1.63. The molecular weight excluding hydrogens is 745 g/mol. The minimum absolute atomic E-state index is 0.00996. The van der Waals surface area contributed by atoms with Crippen molar-refractivity contribution in [1.82, 2.24) is 5.32 Å². The van der Waals surface area contributed by atoms with Crippen LogP contribution in [0.2, 0.25) is 0 Å². The number of nitrogens with one attached hydrogen (secondary N) is 1. The van der Waals surface area contributed by atoms with Crippen LogP contribution in [0.3, 0.4) is 0 Å². The lowest BCUT2D eigenvalue weighted by atomic mass is 10.0. The molecule has 2 unspecified atom stereocenters. The number of hydrogen-bond donors (Lipinski definition) is 3. The number of carboxylic acid groups (broad SMARTS) is 1. The molecule has 0 aliphatic heterocycles. The molecule has 0 aliphatic carbocycles. The number of hydrogen-bond acceptors (Lipinski definition) is 5. The van der Waals surface area contributed by atoms with Gasteiger partial charge in [-0.25, -0.2) is 4.79 Å². The van der Waals surface area contributed by atoms with Gasteiger partial charge in [0.05, 0.1) is 0 Å². The highest BCUT2D eigenvalue weighted by molar-refractivity contribution is 5.83. The molecule has 0 bridgehead atoms. The van der Waals surface area contributed by atoms with Crippen LogP contribution in [0.15, 0.2) is 0 Å². The summed E-state index contributed by atoms with van der Waals surface area (Å²) >= 11 is 0. The third kappa shape index (κ3) is 44.4. The lowest BCUT2D eigenvalue weighted by molar-refractivity contribution is -0.150. The molecular formula is C53H104N2O5. The molecule has 0 rings (SSSR count). The first-order valence-corrected chi connectivity index (χ1v) is 26.9. The van der Waals surface area contributed by atoms with Crippen molar-refractivity contribution in [2.24, 2.45) is 5.73 Å². The highest BCUT2D eigenvalue weighted by Gasteiger charge is 2.19. The highest BCUT2D eigenvalue weighted by Crippen LogP contribution is 2.20. The molecule has 0 heterocycles. The molecule has 0 saturated carbocycles. The summed E-state index contributed by atoms with van der Waals surface area (Å²) in [5.74, 6) is -1.20. The average Bonchev–Trinajstić information content (AvgIpc) is 3.23. The Morgan fingerprint density at radius 2 is 0.717 bits per heavy atom. The Labute approximate surface area is 373 Å². The van der Waals surface area contributed by atoms with Gasteiger partial charge in [0.25, 0.3) is 0 Å². The summed E-state index contributed by atoms with van der Waals surface area (Å²) in [5.41, 5.74) is 5.50. The lowest BCUT2D eigenvalue weighted by Gasteiger charge is -2.18. The molecule has 7 nitrogen and oxygen atoms in total. The van der Waals surface area contributed by atoms with Gasteiger partial charge in [-0.1, -0.05) is 239 Å². The quantitative estimate of drug-likeness (QED) is 0.0414. The molecule has 0 aliphatic rings. The zero-order valence-corrected chi connectivity index (χ0v) is 40.3. The molecule has 356 valence electrons. The maximum atomic E-state index is 12.9. The van der Waals surface area contributed by atoms with Crippen LogP contribution < -0.4 is 11.1 Å². The second-order valence-corrected chi connectivity index (χ2v) is 18.7. The highest BCUT2D eigenvalue weighted by atomic mass is 16.5. The maximum absolute atomic E-state index is 12.9. The van der Waals surface area contributed by atoms with E-state index in [-0.39, 0.29) is 18.0 Å². The van der Waals surface area contributed by atoms with Gasteiger partial charge in [-0.05, 0) is 57.9 Å². The van der Waals surface area contributed by atoms with Crippen LogP contribution in [-0.4, -0.2) is 41.6 Å². The minimum atomic E-state index is -0.999. The van der Waals surface area contributed by atoms with Crippen LogP contribution in [-0.2, 0) is 19.1 Å². The van der Waals surface area contributed by atoms with Crippen LogP contribution in [0.4, 0.5) is 0 Å². The zero-order valence-electron chi connectivity index (χ0n) is 40.3. The van der Waals surface area contributed by atoms with Crippen LogP contribution >= 0.6 is 0 Å². The first-order chi connectivity index (χ1) is 29.4. The van der Waals surface area contributed by atoms with Crippen molar-refractivity contribution in [3.05, 3.63) is 0 Å². The van der Waals surface area contributed by atoms with Gasteiger partial charge in [-0.2, -0.15) is 0 Å². The summed E-state index contributed by atoms with van der Waals surface area (Å²) < 4.78 is 6.09. The number of unbranched alkanes of at least 4 members (excludes halogenated alkanes) is 36. The smallest absolute Gasteiger partial charge is 0.326 e. The van der Waals surface area contributed by atoms with Gasteiger partial charge in [0.15, 0.2) is 0 Å². The summed E-state index contributed by atoms with van der Waals surface area (Å²) in [5, 5.41) is 12.0. The van der Waals surface area contributed by atoms with E-state index in [1.165, 1.54) is 199 Å². The van der Waals surface area contributed by atoms with Gasteiger partial charge in [0, 0.05) is 12.8 Å². The summed E-state index contributed by atoms with van der Waals surface area (Å²) in [6.45, 7) is 4.99. The van der Waals surface area contributed by atoms with Gasteiger partial charge in [0.1, 0.15) is 12.1 Å². The monoisotopic (exact) mass is 849 g/mol. The second kappa shape index (κ2) is 48.4. The van der Waals surface area contributed by atoms with Gasteiger partial charge in [0.2, 0.25) is 5.91 Å². The standard InChI is InChI=1S/C53H104N2O5/c1-3-5-7-9-11-13-15-17-18-19-20-21-22-23-24-25-26-28-30-32-37-41-47-52(57)60-49(43-38-34-31-29-27-16-14-12-10-8-6-4-2)44-39-35-33-36-40-46-51(56)55-50(53(58)59)45-42-48-54/h49-50H,3-48,54H2,1-2H3,(H,55,56)(H,58,59). The molecule has 0 aromatic rings. The van der Waals surface area contributed by atoms with Crippen molar-refractivity contribution in [2.75, 3.05) is 6.54 Å². The largest absolute Gasteiger partial charge is 0.480 e. The predicted octanol–water partition coefficient (Wildman–Crippen LogP) is 16.0. The second-order valence-electron chi connectivity index (χ2n) is 18.7. The first kappa shape index (κ1) is 58.4. The van der Waals surface area contributed by atoms with Crippen molar-refractivity contribution < 1.29 is 24.2 Å². The number of carbonyl (C=O) groups excluding carboxylic acids is 2. The fraction of sp³-hybridized carbons (Fsp3) is 0.943. The van der Waals surface area contributed by atoms with E-state index in [9.17, 15) is 19.5 Å². The van der Waals surface area contributed by atoms with Crippen LogP contribution in [0.25, 0.3) is 0 Å². The Kier molecular flexibility index (Phi) is 47.1. The van der Waals surface area contributed by atoms with E-state index < -0.39 is 12.0 Å². The van der Waals surface area contributed by atoms with Crippen molar-refractivity contribution >= 4 is 17.8 Å². The Morgan fingerprint density at radius 3 is 1.03 bits per heavy atom. The number of esters is 1. The van der Waals surface area contributed by atoms with E-state index in [4.69, 9.17) is 10.5 Å². The van der Waals surface area contributed by atoms with E-state index in [1.807, 2.05) is 0 Å². The van der Waals surface area contributed by atoms with E-state index in [0.29, 0.717) is 32.2 Å². The Morgan fingerprint density at radius 1 is 0.417 bits per heavy atom. The third-order valence-corrected chi connectivity index (χ3v) is 12.7. The van der Waals surface area contributed by atoms with Crippen molar-refractivity contribution in [3.8, 4) is 0 Å². The van der Waals surface area contributed by atoms with Crippen molar-refractivity contribution in [3.63, 3.8) is 0 Å². The molecule has 4 N–H and O–H groups in total. The van der Waals surface area contributed by atoms with E-state index >= 15 is 0 Å². The zero-order chi connectivity index (χ0) is 43.8. The van der Waals surface area contributed by atoms with Crippen LogP contribution in [0.5, 0.6) is 0 Å². The first-order valence-electron chi connectivity index (χ1n) is 26.9. The van der Waals surface area contributed by atoms with Crippen LogP contribution in [0.1, 0.15) is 303 Å². The van der Waals surface area contributed by atoms with Gasteiger partial charge < -0.3 is 20.9 Å². The Bertz CT molecular complexity index is 914. The SMILES string of the molecule is CCCCCCCCCCCCCCCCCCCCCCCCC(=O)OC(CCCCCCCCCCCCCC)CCCCCCCC(=O)NC(CCCN)C(=O)O. The molecule has 0 radical (unpaired) electrons. The van der Waals surface area contributed by atoms with E-state index in [2.05, 4.69) is 19.2 Å². The number of ether oxygens (including phenoxy) is 1. The maximum Gasteiger partial charge on any atom is 0.326 e. The molecule has 0 aromatic heterocycles. The molecule has 0 fully saturated rings. The topological polar surface area (TPSA) is 119 Å². The predicted molar refractivity (Wildman–Crippen MR) is 258 cm³/mol. The summed E-state index contributed by atoms with van der Waals surface area (Å²) in [6, 6.07) is -0.853. The van der Waals surface area contributed by atoms with Crippen molar-refractivity contribution in [1.29, 1.82) is 0 Å². The van der Waals surface area contributed by atoms with Gasteiger partial charge in [-0.3, -0.25) is 9.59 Å². The normalized spacial score (nSPS) is 12.4. The third-order valence-electron chi connectivity index (χ3n) is 12.7. The van der Waals surface area contributed by atoms with Crippen molar-refractivity contribution in [2.45, 2.75) is 315 Å². The number of carbonyl (C=O) groups is 3. The van der Waals surface area contributed by atoms with Crippen LogP contribution in [0, 0.1) is 0 Å². The lowest BCUT2D eigenvalue weighted by Crippen LogP contribution is -2.40. The average molecular weight is 849 g/mol. The summed E-state index contributed by atoms with van der Waals surface area (Å²) in [6.07, 6.45) is 54.6. The molecule has 2 atom stereocenters. The van der Waals surface area contributed by atoms with Gasteiger partial charge in [-0.15, -0.1) is 0 Å². The molecule has 60 heavy (non-hydrogen) atoms. The fourth-order valence-corrected chi connectivity index (χ4v) is 8.63. The number of carboxylic acids is 1. The minimum Gasteiger partial charge on any atom is -0.480 e. The van der Waals surface area contributed by atoms with Gasteiger partial charge >= 0.3 is 11.9 Å². The number of amides is 1. The van der Waals surface area contributed by atoms with E-state index in [1.54, 1.807) is 0 Å². The molecule has 0 saturated heterocycles. The summed E-state index contributed by atoms with van der Waals surface area (Å²) in [7, 11) is 0. The fourth-order valence-electron chi connectivity index (χ4n) is 8.63. The number of aliphatic carboxylic acids is 1. The van der Waals surface area contributed by atoms with E-state index in [0.717, 1.165) is 64.2 Å². The molecule has 7 heteroatoms. The number of rotatable bonds is 50. The Balaban J connectivity index is 4.12.